The summed E-state index contributed by atoms with van der Waals surface area (Å²) in [5, 5.41) is 0. The first-order valence-corrected chi connectivity index (χ1v) is 5.09. The highest BCUT2D eigenvalue weighted by molar-refractivity contribution is 5.15. The predicted molar refractivity (Wildman–Crippen MR) is 61.4 cm³/mol. The van der Waals surface area contributed by atoms with Crippen molar-refractivity contribution in [3.63, 3.8) is 0 Å². The molecular weight excluding hydrogens is 223 g/mol. The summed E-state index contributed by atoms with van der Waals surface area (Å²) < 4.78 is 15.2. The van der Waals surface area contributed by atoms with Gasteiger partial charge in [0, 0.05) is 13.2 Å². The molecule has 0 amide bonds. The summed E-state index contributed by atoms with van der Waals surface area (Å²) in [5.74, 6) is -0.928. The molecule has 2 aromatic rings. The standard InChI is InChI=1S/C12H11FN2O2/c1-14-8-10(13)11(16)15(12(14)17)7-9-5-3-2-4-6-9/h2-6,8H,7H2,1H3. The Balaban J connectivity index is 2.54. The topological polar surface area (TPSA) is 44.0 Å². The normalized spacial score (nSPS) is 10.5. The summed E-state index contributed by atoms with van der Waals surface area (Å²) in [6.45, 7) is 0.0735. The van der Waals surface area contributed by atoms with Crippen molar-refractivity contribution in [1.29, 1.82) is 0 Å². The molecule has 0 saturated heterocycles. The van der Waals surface area contributed by atoms with Gasteiger partial charge in [-0.1, -0.05) is 30.3 Å². The average Bonchev–Trinajstić information content (AvgIpc) is 2.33. The van der Waals surface area contributed by atoms with Gasteiger partial charge in [-0.2, -0.15) is 4.39 Å². The molecule has 0 saturated carbocycles. The van der Waals surface area contributed by atoms with Crippen LogP contribution in [0.1, 0.15) is 5.56 Å². The van der Waals surface area contributed by atoms with Gasteiger partial charge >= 0.3 is 5.69 Å². The lowest BCUT2D eigenvalue weighted by atomic mass is 10.2. The maximum absolute atomic E-state index is 13.2. The van der Waals surface area contributed by atoms with Gasteiger partial charge in [0.1, 0.15) is 0 Å². The van der Waals surface area contributed by atoms with Crippen LogP contribution in [0.25, 0.3) is 0 Å². The van der Waals surface area contributed by atoms with Gasteiger partial charge in [0.25, 0.3) is 5.56 Å². The van der Waals surface area contributed by atoms with Crippen LogP contribution >= 0.6 is 0 Å². The second kappa shape index (κ2) is 4.37. The molecule has 0 spiro atoms. The zero-order valence-electron chi connectivity index (χ0n) is 9.26. The highest BCUT2D eigenvalue weighted by Gasteiger charge is 2.09. The lowest BCUT2D eigenvalue weighted by molar-refractivity contribution is 0.529. The van der Waals surface area contributed by atoms with Crippen LogP contribution in [0.5, 0.6) is 0 Å². The molecule has 1 heterocycles. The molecular formula is C12H11FN2O2. The zero-order chi connectivity index (χ0) is 12.4. The van der Waals surface area contributed by atoms with E-state index in [-0.39, 0.29) is 6.54 Å². The van der Waals surface area contributed by atoms with Gasteiger partial charge in [-0.05, 0) is 5.56 Å². The Kier molecular flexibility index (Phi) is 2.91. The number of hydrogen-bond acceptors (Lipinski definition) is 2. The molecule has 0 aliphatic carbocycles. The fraction of sp³-hybridized carbons (Fsp3) is 0.167. The number of aryl methyl sites for hydroxylation is 1. The number of hydrogen-bond donors (Lipinski definition) is 0. The molecule has 2 rings (SSSR count). The van der Waals surface area contributed by atoms with E-state index in [0.29, 0.717) is 0 Å². The first kappa shape index (κ1) is 11.3. The molecule has 1 aromatic carbocycles. The van der Waals surface area contributed by atoms with Crippen LogP contribution in [0.2, 0.25) is 0 Å². The van der Waals surface area contributed by atoms with E-state index < -0.39 is 17.1 Å². The van der Waals surface area contributed by atoms with Crippen LogP contribution in [0.4, 0.5) is 4.39 Å². The van der Waals surface area contributed by atoms with E-state index >= 15 is 0 Å². The maximum Gasteiger partial charge on any atom is 0.331 e. The average molecular weight is 234 g/mol. The van der Waals surface area contributed by atoms with Gasteiger partial charge in [-0.15, -0.1) is 0 Å². The Bertz CT molecular complexity index is 610. The highest BCUT2D eigenvalue weighted by Crippen LogP contribution is 1.99. The Labute approximate surface area is 96.6 Å². The summed E-state index contributed by atoms with van der Waals surface area (Å²) in [5.41, 5.74) is -0.644. The quantitative estimate of drug-likeness (QED) is 0.769. The zero-order valence-corrected chi connectivity index (χ0v) is 9.26. The largest absolute Gasteiger partial charge is 0.331 e. The highest BCUT2D eigenvalue weighted by atomic mass is 19.1. The maximum atomic E-state index is 13.2. The van der Waals surface area contributed by atoms with E-state index in [2.05, 4.69) is 0 Å². The molecule has 0 aliphatic rings. The Morgan fingerprint density at radius 1 is 1.18 bits per heavy atom. The number of halogens is 1. The van der Waals surface area contributed by atoms with Gasteiger partial charge in [0.15, 0.2) is 0 Å². The number of nitrogens with zero attached hydrogens (tertiary/aromatic N) is 2. The van der Waals surface area contributed by atoms with Crippen LogP contribution < -0.4 is 11.2 Å². The van der Waals surface area contributed by atoms with E-state index in [1.54, 1.807) is 24.3 Å². The van der Waals surface area contributed by atoms with Crippen LogP contribution in [0.3, 0.4) is 0 Å². The minimum absolute atomic E-state index is 0.0735. The van der Waals surface area contributed by atoms with Crippen molar-refractivity contribution in [1.82, 2.24) is 9.13 Å². The Morgan fingerprint density at radius 2 is 1.82 bits per heavy atom. The van der Waals surface area contributed by atoms with Crippen molar-refractivity contribution in [3.8, 4) is 0 Å². The van der Waals surface area contributed by atoms with Crippen LogP contribution in [-0.2, 0) is 13.6 Å². The first-order valence-electron chi connectivity index (χ1n) is 5.09. The summed E-state index contributed by atoms with van der Waals surface area (Å²) >= 11 is 0. The third-order valence-corrected chi connectivity index (χ3v) is 2.47. The fourth-order valence-electron chi connectivity index (χ4n) is 1.59. The van der Waals surface area contributed by atoms with E-state index in [9.17, 15) is 14.0 Å². The third-order valence-electron chi connectivity index (χ3n) is 2.47. The molecule has 0 unspecified atom stereocenters. The number of benzene rings is 1. The number of rotatable bonds is 2. The van der Waals surface area contributed by atoms with Crippen molar-refractivity contribution in [2.45, 2.75) is 6.54 Å². The van der Waals surface area contributed by atoms with Gasteiger partial charge in [0.2, 0.25) is 5.82 Å². The Morgan fingerprint density at radius 3 is 2.47 bits per heavy atom. The lowest BCUT2D eigenvalue weighted by Gasteiger charge is -2.07. The summed E-state index contributed by atoms with van der Waals surface area (Å²) in [6, 6.07) is 8.97. The van der Waals surface area contributed by atoms with Crippen molar-refractivity contribution in [2.75, 3.05) is 0 Å². The molecule has 5 heteroatoms. The molecule has 88 valence electrons. The van der Waals surface area contributed by atoms with E-state index in [4.69, 9.17) is 0 Å². The molecule has 0 radical (unpaired) electrons. The second-order valence-corrected chi connectivity index (χ2v) is 3.75. The molecule has 4 nitrogen and oxygen atoms in total. The summed E-state index contributed by atoms with van der Waals surface area (Å²) in [7, 11) is 1.41. The van der Waals surface area contributed by atoms with Gasteiger partial charge in [0.05, 0.1) is 6.54 Å². The molecule has 1 aromatic heterocycles. The summed E-state index contributed by atoms with van der Waals surface area (Å²) in [6.07, 6.45) is 0.895. The molecule has 0 N–H and O–H groups in total. The van der Waals surface area contributed by atoms with Crippen molar-refractivity contribution < 1.29 is 4.39 Å². The van der Waals surface area contributed by atoms with Crippen molar-refractivity contribution >= 4 is 0 Å². The van der Waals surface area contributed by atoms with Gasteiger partial charge in [-0.3, -0.25) is 9.36 Å². The lowest BCUT2D eigenvalue weighted by Crippen LogP contribution is -2.40. The van der Waals surface area contributed by atoms with Crippen LogP contribution in [0.15, 0.2) is 46.1 Å². The monoisotopic (exact) mass is 234 g/mol. The van der Waals surface area contributed by atoms with E-state index in [1.165, 1.54) is 7.05 Å². The van der Waals surface area contributed by atoms with E-state index in [1.807, 2.05) is 6.07 Å². The second-order valence-electron chi connectivity index (χ2n) is 3.75. The summed E-state index contributed by atoms with van der Waals surface area (Å²) in [4.78, 5) is 23.2. The third kappa shape index (κ3) is 2.18. The molecule has 0 aliphatic heterocycles. The van der Waals surface area contributed by atoms with Gasteiger partial charge < -0.3 is 4.57 Å². The SMILES string of the molecule is Cn1cc(F)c(=O)n(Cc2ccccc2)c1=O. The molecule has 0 atom stereocenters. The minimum Gasteiger partial charge on any atom is -0.301 e. The number of aromatic nitrogens is 2. The van der Waals surface area contributed by atoms with E-state index in [0.717, 1.165) is 20.9 Å². The molecule has 0 bridgehead atoms. The van der Waals surface area contributed by atoms with Gasteiger partial charge in [-0.25, -0.2) is 4.79 Å². The first-order chi connectivity index (χ1) is 8.09. The molecule has 17 heavy (non-hydrogen) atoms. The fourth-order valence-corrected chi connectivity index (χ4v) is 1.59. The smallest absolute Gasteiger partial charge is 0.301 e. The van der Waals surface area contributed by atoms with Crippen molar-refractivity contribution in [3.05, 3.63) is 68.7 Å². The van der Waals surface area contributed by atoms with Crippen LogP contribution in [0, 0.1) is 5.82 Å². The minimum atomic E-state index is -0.928. The predicted octanol–water partition coefficient (Wildman–Crippen LogP) is 0.734. The van der Waals surface area contributed by atoms with Crippen molar-refractivity contribution in [2.24, 2.45) is 7.05 Å². The van der Waals surface area contributed by atoms with Crippen LogP contribution in [-0.4, -0.2) is 9.13 Å². The Hall–Kier alpha value is -2.17. The molecule has 0 fully saturated rings.